The van der Waals surface area contributed by atoms with E-state index in [1.807, 2.05) is 0 Å². The molecule has 4 fully saturated rings. The van der Waals surface area contributed by atoms with E-state index in [1.54, 1.807) is 0 Å². The predicted octanol–water partition coefficient (Wildman–Crippen LogP) is 3.06. The van der Waals surface area contributed by atoms with Crippen LogP contribution in [0.4, 0.5) is 0 Å². The van der Waals surface area contributed by atoms with Gasteiger partial charge in [0.05, 0.1) is 17.6 Å². The minimum atomic E-state index is -1.63. The zero-order valence-corrected chi connectivity index (χ0v) is 13.3. The van der Waals surface area contributed by atoms with Crippen LogP contribution in [0.2, 0.25) is 19.6 Å². The first kappa shape index (κ1) is 13.8. The number of ether oxygens (including phenoxy) is 1. The molecule has 4 heteroatoms. The van der Waals surface area contributed by atoms with Crippen LogP contribution in [0.25, 0.3) is 0 Å². The molecule has 0 unspecified atom stereocenters. The topological polar surface area (TPSA) is 38.7 Å². The zero-order chi connectivity index (χ0) is 13.8. The second-order valence-corrected chi connectivity index (χ2v) is 11.9. The minimum Gasteiger partial charge on any atom is -0.414 e. The van der Waals surface area contributed by atoms with E-state index in [9.17, 15) is 5.11 Å². The highest BCUT2D eigenvalue weighted by Crippen LogP contribution is 2.60. The molecule has 1 spiro atoms. The number of fused-ring (bicyclic) bond motifs is 2. The first-order valence-corrected chi connectivity index (χ1v) is 10.9. The molecule has 2 aliphatic heterocycles. The van der Waals surface area contributed by atoms with Crippen LogP contribution in [-0.2, 0) is 9.16 Å². The van der Waals surface area contributed by atoms with E-state index in [2.05, 4.69) is 26.2 Å². The van der Waals surface area contributed by atoms with E-state index in [0.29, 0.717) is 5.92 Å². The molecule has 2 saturated heterocycles. The molecule has 4 rings (SSSR count). The third-order valence-electron chi connectivity index (χ3n) is 5.09. The number of hydrogen-bond acceptors (Lipinski definition) is 3. The van der Waals surface area contributed by atoms with E-state index < -0.39 is 14.6 Å². The van der Waals surface area contributed by atoms with Gasteiger partial charge in [-0.05, 0) is 51.2 Å². The largest absolute Gasteiger partial charge is 0.414 e. The predicted molar refractivity (Wildman–Crippen MR) is 77.2 cm³/mol. The maximum atomic E-state index is 10.6. The van der Waals surface area contributed by atoms with Gasteiger partial charge in [-0.3, -0.25) is 0 Å². The van der Waals surface area contributed by atoms with Crippen molar-refractivity contribution in [3.63, 3.8) is 0 Å². The molecule has 0 aromatic heterocycles. The van der Waals surface area contributed by atoms with Crippen molar-refractivity contribution in [2.75, 3.05) is 0 Å². The Balaban J connectivity index is 1.97. The lowest BCUT2D eigenvalue weighted by Gasteiger charge is -2.61. The van der Waals surface area contributed by atoms with E-state index in [4.69, 9.17) is 9.16 Å². The third-order valence-corrected chi connectivity index (χ3v) is 6.08. The summed E-state index contributed by atoms with van der Waals surface area (Å²) in [4.78, 5) is 0. The average molecular weight is 282 g/mol. The maximum absolute atomic E-state index is 10.6. The third kappa shape index (κ3) is 2.04. The second kappa shape index (κ2) is 4.42. The fourth-order valence-corrected chi connectivity index (χ4v) is 5.66. The van der Waals surface area contributed by atoms with Crippen molar-refractivity contribution < 1.29 is 14.3 Å². The van der Waals surface area contributed by atoms with Gasteiger partial charge in [0.25, 0.3) is 0 Å². The number of rotatable bonds is 2. The molecule has 2 aliphatic carbocycles. The SMILES string of the molecule is C=C1C[C@H]2C[C@@H]3CCC[C@H](O[Si](C)(C)C)[C@@]13[C@@H](O)O2. The van der Waals surface area contributed by atoms with Crippen LogP contribution in [0.5, 0.6) is 0 Å². The number of hydrogen-bond donors (Lipinski definition) is 1. The molecule has 2 saturated carbocycles. The Labute approximate surface area is 117 Å². The standard InChI is InChI=1S/C15H26O3Si/c1-10-8-12-9-11-6-5-7-13(18-19(2,3)4)15(10,11)14(16)17-12/h11-14,16H,1,5-9H2,2-4H3/t11-,12-,13-,14-,15+/m0/s1. The Morgan fingerprint density at radius 2 is 2.11 bits per heavy atom. The molecule has 0 amide bonds. The van der Waals surface area contributed by atoms with Crippen molar-refractivity contribution in [2.45, 2.75) is 70.2 Å². The van der Waals surface area contributed by atoms with Gasteiger partial charge in [0.2, 0.25) is 0 Å². The summed E-state index contributed by atoms with van der Waals surface area (Å²) in [6, 6.07) is 0. The van der Waals surface area contributed by atoms with Crippen LogP contribution in [0.3, 0.4) is 0 Å². The van der Waals surface area contributed by atoms with Crippen molar-refractivity contribution in [3.8, 4) is 0 Å². The molecule has 19 heavy (non-hydrogen) atoms. The molecule has 0 aromatic carbocycles. The summed E-state index contributed by atoms with van der Waals surface area (Å²) in [7, 11) is -1.63. The van der Waals surface area contributed by atoms with E-state index in [1.165, 1.54) is 18.4 Å². The highest BCUT2D eigenvalue weighted by atomic mass is 28.4. The van der Waals surface area contributed by atoms with Gasteiger partial charge in [-0.25, -0.2) is 0 Å². The summed E-state index contributed by atoms with van der Waals surface area (Å²) >= 11 is 0. The summed E-state index contributed by atoms with van der Waals surface area (Å²) < 4.78 is 12.2. The zero-order valence-electron chi connectivity index (χ0n) is 12.3. The van der Waals surface area contributed by atoms with Crippen LogP contribution in [-0.4, -0.2) is 31.9 Å². The van der Waals surface area contributed by atoms with Crippen LogP contribution < -0.4 is 0 Å². The fourth-order valence-electron chi connectivity index (χ4n) is 4.49. The van der Waals surface area contributed by atoms with Gasteiger partial charge in [0.15, 0.2) is 14.6 Å². The molecule has 1 N–H and O–H groups in total. The summed E-state index contributed by atoms with van der Waals surface area (Å²) in [6.07, 6.45) is 4.96. The monoisotopic (exact) mass is 282 g/mol. The summed E-state index contributed by atoms with van der Waals surface area (Å²) in [5.74, 6) is 0.498. The van der Waals surface area contributed by atoms with Gasteiger partial charge in [-0.1, -0.05) is 18.6 Å². The second-order valence-electron chi connectivity index (χ2n) is 7.43. The van der Waals surface area contributed by atoms with Gasteiger partial charge >= 0.3 is 0 Å². The van der Waals surface area contributed by atoms with E-state index in [0.717, 1.165) is 19.3 Å². The molecule has 2 heterocycles. The summed E-state index contributed by atoms with van der Waals surface area (Å²) in [5, 5.41) is 10.6. The first-order chi connectivity index (χ1) is 8.84. The quantitative estimate of drug-likeness (QED) is 0.625. The van der Waals surface area contributed by atoms with Gasteiger partial charge in [-0.2, -0.15) is 0 Å². The Bertz CT molecular complexity index is 389. The molecule has 5 atom stereocenters. The molecular weight excluding hydrogens is 256 g/mol. The molecular formula is C15H26O3Si. The van der Waals surface area contributed by atoms with Gasteiger partial charge in [0, 0.05) is 0 Å². The van der Waals surface area contributed by atoms with Gasteiger partial charge in [0.1, 0.15) is 0 Å². The molecule has 3 nitrogen and oxygen atoms in total. The van der Waals surface area contributed by atoms with Crippen LogP contribution >= 0.6 is 0 Å². The number of aliphatic hydroxyl groups excluding tert-OH is 1. The lowest BCUT2D eigenvalue weighted by atomic mass is 9.53. The Hall–Kier alpha value is -0.163. The van der Waals surface area contributed by atoms with Gasteiger partial charge < -0.3 is 14.3 Å². The molecule has 2 bridgehead atoms. The molecule has 4 aliphatic rings. The summed E-state index contributed by atoms with van der Waals surface area (Å²) in [6.45, 7) is 11.0. The van der Waals surface area contributed by atoms with Crippen LogP contribution in [0.1, 0.15) is 32.1 Å². The van der Waals surface area contributed by atoms with Crippen LogP contribution in [0.15, 0.2) is 12.2 Å². The smallest absolute Gasteiger partial charge is 0.184 e. The normalized spacial score (nSPS) is 46.2. The highest BCUT2D eigenvalue weighted by molar-refractivity contribution is 6.69. The lowest BCUT2D eigenvalue weighted by Crippen LogP contribution is -2.64. The summed E-state index contributed by atoms with van der Waals surface area (Å²) in [5.41, 5.74) is 0.850. The van der Waals surface area contributed by atoms with Crippen molar-refractivity contribution in [3.05, 3.63) is 12.2 Å². The average Bonchev–Trinajstić information content (AvgIpc) is 2.25. The van der Waals surface area contributed by atoms with Crippen molar-refractivity contribution in [1.82, 2.24) is 0 Å². The Morgan fingerprint density at radius 1 is 1.37 bits per heavy atom. The van der Waals surface area contributed by atoms with Crippen molar-refractivity contribution in [2.24, 2.45) is 11.3 Å². The minimum absolute atomic E-state index is 0.0988. The van der Waals surface area contributed by atoms with Crippen molar-refractivity contribution in [1.29, 1.82) is 0 Å². The fraction of sp³-hybridized carbons (Fsp3) is 0.867. The number of aliphatic hydroxyl groups is 1. The molecule has 0 aromatic rings. The Morgan fingerprint density at radius 3 is 2.74 bits per heavy atom. The lowest BCUT2D eigenvalue weighted by molar-refractivity contribution is -0.293. The van der Waals surface area contributed by atoms with Gasteiger partial charge in [-0.15, -0.1) is 0 Å². The highest BCUT2D eigenvalue weighted by Gasteiger charge is 2.62. The first-order valence-electron chi connectivity index (χ1n) is 7.53. The molecule has 108 valence electrons. The van der Waals surface area contributed by atoms with E-state index in [-0.39, 0.29) is 17.6 Å². The van der Waals surface area contributed by atoms with Crippen molar-refractivity contribution >= 4 is 8.32 Å². The Kier molecular flexibility index (Phi) is 3.21. The van der Waals surface area contributed by atoms with E-state index >= 15 is 0 Å². The van der Waals surface area contributed by atoms with Crippen LogP contribution in [0, 0.1) is 11.3 Å². The molecule has 0 radical (unpaired) electrons. The maximum Gasteiger partial charge on any atom is 0.184 e.